The van der Waals surface area contributed by atoms with Crippen molar-refractivity contribution < 1.29 is 8.42 Å². The van der Waals surface area contributed by atoms with Gasteiger partial charge in [-0.25, -0.2) is 17.9 Å². The van der Waals surface area contributed by atoms with Gasteiger partial charge in [0.15, 0.2) is 10.5 Å². The van der Waals surface area contributed by atoms with Gasteiger partial charge in [0.05, 0.1) is 10.6 Å². The molecule has 1 aromatic carbocycles. The van der Waals surface area contributed by atoms with Crippen LogP contribution in [0.1, 0.15) is 11.3 Å². The number of fused-ring (bicyclic) bond motifs is 2. The molecule has 2 aromatic heterocycles. The van der Waals surface area contributed by atoms with E-state index in [1.165, 1.54) is 16.3 Å². The van der Waals surface area contributed by atoms with Crippen LogP contribution < -0.4 is 0 Å². The van der Waals surface area contributed by atoms with Crippen LogP contribution in [0.15, 0.2) is 45.1 Å². The number of benzene rings is 1. The first-order valence-electron chi connectivity index (χ1n) is 7.06. The maximum absolute atomic E-state index is 13.1. The zero-order valence-corrected chi connectivity index (χ0v) is 15.8. The van der Waals surface area contributed by atoms with E-state index in [-0.39, 0.29) is 9.79 Å². The third kappa shape index (κ3) is 2.35. The van der Waals surface area contributed by atoms with Gasteiger partial charge in [0, 0.05) is 17.1 Å². The normalized spacial score (nSPS) is 14.2. The molecule has 0 fully saturated rings. The molecule has 9 heteroatoms. The number of hydrogen-bond donors (Lipinski definition) is 0. The third-order valence-electron chi connectivity index (χ3n) is 3.81. The summed E-state index contributed by atoms with van der Waals surface area (Å²) in [4.78, 5) is 4.93. The fraction of sp³-hybridized carbons (Fsp3) is 0.200. The lowest BCUT2D eigenvalue weighted by atomic mass is 10.3. The summed E-state index contributed by atoms with van der Waals surface area (Å²) in [6.07, 6.45) is 1.79. The highest BCUT2D eigenvalue weighted by molar-refractivity contribution is 7.99. The van der Waals surface area contributed by atoms with E-state index in [1.54, 1.807) is 48.3 Å². The second kappa shape index (κ2) is 5.94. The minimum atomic E-state index is -3.73. The summed E-state index contributed by atoms with van der Waals surface area (Å²) in [6.45, 7) is 0. The fourth-order valence-electron chi connectivity index (χ4n) is 2.65. The molecule has 0 bridgehead atoms. The lowest BCUT2D eigenvalue weighted by Crippen LogP contribution is -2.05. The van der Waals surface area contributed by atoms with Gasteiger partial charge >= 0.3 is 0 Å². The van der Waals surface area contributed by atoms with Crippen molar-refractivity contribution in [3.05, 3.63) is 46.7 Å². The molecule has 0 atom stereocenters. The van der Waals surface area contributed by atoms with Crippen LogP contribution in [0, 0.1) is 0 Å². The summed E-state index contributed by atoms with van der Waals surface area (Å²) in [6, 6.07) is 8.34. The van der Waals surface area contributed by atoms with Gasteiger partial charge in [0.25, 0.3) is 0 Å². The molecule has 0 spiro atoms. The Bertz CT molecular complexity index is 1050. The maximum Gasteiger partial charge on any atom is 0.213 e. The van der Waals surface area contributed by atoms with Crippen molar-refractivity contribution in [3.8, 4) is 0 Å². The van der Waals surface area contributed by atoms with E-state index < -0.39 is 9.84 Å². The molecule has 5 nitrogen and oxygen atoms in total. The predicted octanol–water partition coefficient (Wildman–Crippen LogP) is 3.68. The van der Waals surface area contributed by atoms with E-state index in [2.05, 4.69) is 10.1 Å². The third-order valence-corrected chi connectivity index (χ3v) is 7.78. The van der Waals surface area contributed by atoms with Crippen molar-refractivity contribution in [2.45, 2.75) is 26.3 Å². The van der Waals surface area contributed by atoms with Crippen LogP contribution >= 0.6 is 35.1 Å². The summed E-state index contributed by atoms with van der Waals surface area (Å²) in [7, 11) is -3.73. The van der Waals surface area contributed by atoms with E-state index in [4.69, 9.17) is 11.6 Å². The molecule has 0 amide bonds. The first kappa shape index (κ1) is 16.3. The zero-order valence-electron chi connectivity index (χ0n) is 12.6. The van der Waals surface area contributed by atoms with Crippen LogP contribution in [0.25, 0.3) is 5.65 Å². The number of aromatic nitrogens is 3. The van der Waals surface area contributed by atoms with E-state index in [1.807, 2.05) is 0 Å². The van der Waals surface area contributed by atoms with Crippen LogP contribution in [-0.2, 0) is 21.3 Å². The quantitative estimate of drug-likeness (QED) is 0.496. The molecule has 0 aliphatic carbocycles. The highest BCUT2D eigenvalue weighted by Crippen LogP contribution is 2.38. The van der Waals surface area contributed by atoms with Crippen LogP contribution in [-0.4, -0.2) is 29.3 Å². The van der Waals surface area contributed by atoms with Gasteiger partial charge in [0.2, 0.25) is 9.84 Å². The summed E-state index contributed by atoms with van der Waals surface area (Å²) in [5.41, 5.74) is 2.08. The smallest absolute Gasteiger partial charge is 0.213 e. The largest absolute Gasteiger partial charge is 0.231 e. The van der Waals surface area contributed by atoms with Crippen molar-refractivity contribution in [2.24, 2.45) is 0 Å². The topological polar surface area (TPSA) is 64.3 Å². The van der Waals surface area contributed by atoms with Gasteiger partial charge < -0.3 is 0 Å². The van der Waals surface area contributed by atoms with Crippen molar-refractivity contribution in [2.75, 3.05) is 6.26 Å². The Hall–Kier alpha value is -1.22. The Morgan fingerprint density at radius 1 is 1.25 bits per heavy atom. The lowest BCUT2D eigenvalue weighted by Gasteiger charge is -2.06. The van der Waals surface area contributed by atoms with E-state index in [0.29, 0.717) is 15.8 Å². The second-order valence-corrected chi connectivity index (χ2v) is 9.24. The Morgan fingerprint density at radius 2 is 2.00 bits per heavy atom. The van der Waals surface area contributed by atoms with E-state index in [9.17, 15) is 8.42 Å². The summed E-state index contributed by atoms with van der Waals surface area (Å²) < 4.78 is 27.7. The average molecular weight is 398 g/mol. The Labute approximate surface area is 152 Å². The molecule has 3 heterocycles. The molecule has 124 valence electrons. The number of thioether (sulfide) groups is 2. The van der Waals surface area contributed by atoms with Crippen LogP contribution in [0.2, 0.25) is 5.15 Å². The molecular formula is C15H12ClN3O2S3. The highest BCUT2D eigenvalue weighted by Gasteiger charge is 2.31. The SMILES string of the molecule is CSc1nn2c(Cl)c3c(nc2c1S(=O)(=O)c1ccccc1)CSC3. The van der Waals surface area contributed by atoms with Crippen molar-refractivity contribution in [1.82, 2.24) is 14.6 Å². The Morgan fingerprint density at radius 3 is 2.71 bits per heavy atom. The van der Waals surface area contributed by atoms with Crippen LogP contribution in [0.4, 0.5) is 0 Å². The fourth-order valence-corrected chi connectivity index (χ4v) is 6.48. The maximum atomic E-state index is 13.1. The summed E-state index contributed by atoms with van der Waals surface area (Å²) in [5, 5.41) is 5.25. The first-order chi connectivity index (χ1) is 11.5. The average Bonchev–Trinajstić information content (AvgIpc) is 3.20. The summed E-state index contributed by atoms with van der Waals surface area (Å²) >= 11 is 9.45. The molecule has 1 aliphatic rings. The Balaban J connectivity index is 2.07. The number of hydrogen-bond acceptors (Lipinski definition) is 6. The van der Waals surface area contributed by atoms with E-state index in [0.717, 1.165) is 22.8 Å². The minimum absolute atomic E-state index is 0.128. The molecule has 0 saturated carbocycles. The van der Waals surface area contributed by atoms with Crippen molar-refractivity contribution in [3.63, 3.8) is 0 Å². The molecule has 1 aliphatic heterocycles. The highest BCUT2D eigenvalue weighted by atomic mass is 35.5. The molecule has 0 radical (unpaired) electrons. The summed E-state index contributed by atoms with van der Waals surface area (Å²) in [5.74, 6) is 1.50. The predicted molar refractivity (Wildman–Crippen MR) is 96.7 cm³/mol. The first-order valence-corrected chi connectivity index (χ1v) is 11.3. The van der Waals surface area contributed by atoms with Gasteiger partial charge in [-0.15, -0.1) is 11.8 Å². The Kier molecular flexibility index (Phi) is 4.03. The molecule has 0 unspecified atom stereocenters. The van der Waals surface area contributed by atoms with Gasteiger partial charge in [-0.3, -0.25) is 0 Å². The lowest BCUT2D eigenvalue weighted by molar-refractivity contribution is 0.594. The standard InChI is InChI=1S/C15H12ClN3O2S3/c1-22-15-12(24(20,21)9-5-3-2-4-6-9)14-17-11-8-23-7-10(11)13(16)19(14)18-15/h2-6H,7-8H2,1H3. The molecule has 0 N–H and O–H groups in total. The number of halogens is 1. The number of rotatable bonds is 3. The van der Waals surface area contributed by atoms with Crippen LogP contribution in [0.3, 0.4) is 0 Å². The monoisotopic (exact) mass is 397 g/mol. The minimum Gasteiger partial charge on any atom is -0.231 e. The van der Waals surface area contributed by atoms with Gasteiger partial charge in [-0.1, -0.05) is 29.8 Å². The van der Waals surface area contributed by atoms with Crippen LogP contribution in [0.5, 0.6) is 0 Å². The van der Waals surface area contributed by atoms with E-state index >= 15 is 0 Å². The second-order valence-electron chi connectivity index (χ2n) is 5.21. The molecule has 0 saturated heterocycles. The van der Waals surface area contributed by atoms with Gasteiger partial charge in [-0.05, 0) is 18.4 Å². The van der Waals surface area contributed by atoms with Crippen molar-refractivity contribution in [1.29, 1.82) is 0 Å². The zero-order chi connectivity index (χ0) is 16.9. The molecule has 3 aromatic rings. The molecule has 24 heavy (non-hydrogen) atoms. The molecule has 4 rings (SSSR count). The van der Waals surface area contributed by atoms with Gasteiger partial charge in [0.1, 0.15) is 10.2 Å². The van der Waals surface area contributed by atoms with Gasteiger partial charge in [-0.2, -0.15) is 16.9 Å². The van der Waals surface area contributed by atoms with Crippen molar-refractivity contribution >= 4 is 50.6 Å². The molecular weight excluding hydrogens is 386 g/mol. The number of nitrogens with zero attached hydrogens (tertiary/aromatic N) is 3. The number of sulfone groups is 1.